The molecule has 0 aliphatic heterocycles. The van der Waals surface area contributed by atoms with Gasteiger partial charge in [0, 0.05) is 4.47 Å². The first kappa shape index (κ1) is 15.2. The van der Waals surface area contributed by atoms with E-state index in [1.54, 1.807) is 0 Å². The monoisotopic (exact) mass is 381 g/mol. The van der Waals surface area contributed by atoms with Crippen molar-refractivity contribution in [3.05, 3.63) is 57.5 Å². The summed E-state index contributed by atoms with van der Waals surface area (Å²) in [6, 6.07) is 7.09. The van der Waals surface area contributed by atoms with E-state index in [9.17, 15) is 17.2 Å². The Bertz CT molecular complexity index is 748. The third-order valence-electron chi connectivity index (χ3n) is 2.38. The molecule has 20 heavy (non-hydrogen) atoms. The first-order chi connectivity index (χ1) is 9.31. The molecule has 8 heteroatoms. The zero-order valence-corrected chi connectivity index (χ0v) is 12.9. The largest absolute Gasteiger partial charge is 0.274 e. The van der Waals surface area contributed by atoms with Gasteiger partial charge in [0.25, 0.3) is 10.0 Å². The van der Waals surface area contributed by atoms with Gasteiger partial charge in [-0.2, -0.15) is 0 Å². The number of nitrogens with one attached hydrogen (secondary N) is 1. The summed E-state index contributed by atoms with van der Waals surface area (Å²) in [6.45, 7) is 0. The molecule has 0 aromatic heterocycles. The summed E-state index contributed by atoms with van der Waals surface area (Å²) in [5.41, 5.74) is -0.744. The van der Waals surface area contributed by atoms with Crippen LogP contribution in [-0.4, -0.2) is 8.42 Å². The van der Waals surface area contributed by atoms with Gasteiger partial charge in [0.05, 0.1) is 5.02 Å². The highest BCUT2D eigenvalue weighted by atomic mass is 79.9. The zero-order valence-electron chi connectivity index (χ0n) is 9.70. The second-order valence-corrected chi connectivity index (χ2v) is 6.75. The van der Waals surface area contributed by atoms with E-state index in [-0.39, 0.29) is 9.92 Å². The Morgan fingerprint density at radius 3 is 2.25 bits per heavy atom. The molecule has 0 unspecified atom stereocenters. The topological polar surface area (TPSA) is 46.2 Å². The van der Waals surface area contributed by atoms with Crippen LogP contribution in [0, 0.1) is 11.6 Å². The molecule has 2 aromatic carbocycles. The van der Waals surface area contributed by atoms with E-state index in [1.165, 1.54) is 18.2 Å². The fourth-order valence-corrected chi connectivity index (χ4v) is 3.59. The van der Waals surface area contributed by atoms with E-state index in [0.717, 1.165) is 18.2 Å². The highest BCUT2D eigenvalue weighted by molar-refractivity contribution is 9.10. The fraction of sp³-hybridized carbons (Fsp3) is 0. The van der Waals surface area contributed by atoms with Gasteiger partial charge in [-0.25, -0.2) is 17.2 Å². The van der Waals surface area contributed by atoms with Crippen molar-refractivity contribution in [1.29, 1.82) is 0 Å². The summed E-state index contributed by atoms with van der Waals surface area (Å²) in [4.78, 5) is -0.273. The van der Waals surface area contributed by atoms with Crippen LogP contribution in [0.4, 0.5) is 14.5 Å². The third kappa shape index (κ3) is 3.11. The Morgan fingerprint density at radius 1 is 1.10 bits per heavy atom. The number of halogens is 4. The second-order valence-electron chi connectivity index (χ2n) is 3.78. The molecule has 106 valence electrons. The Hall–Kier alpha value is -1.18. The Kier molecular flexibility index (Phi) is 4.31. The predicted octanol–water partition coefficient (Wildman–Crippen LogP) is 4.18. The van der Waals surface area contributed by atoms with Gasteiger partial charge in [-0.15, -0.1) is 0 Å². The number of sulfonamides is 1. The Balaban J connectivity index is 2.46. The van der Waals surface area contributed by atoms with E-state index >= 15 is 0 Å². The van der Waals surface area contributed by atoms with Crippen LogP contribution in [-0.2, 0) is 10.0 Å². The van der Waals surface area contributed by atoms with Gasteiger partial charge in [-0.3, -0.25) is 4.72 Å². The number of para-hydroxylation sites is 1. The Labute approximate surface area is 127 Å². The average molecular weight is 383 g/mol. The molecule has 0 heterocycles. The summed E-state index contributed by atoms with van der Waals surface area (Å²) in [6.07, 6.45) is 0. The van der Waals surface area contributed by atoms with Crippen LogP contribution in [0.15, 0.2) is 45.8 Å². The molecule has 0 spiro atoms. The maximum absolute atomic E-state index is 13.5. The normalized spacial score (nSPS) is 11.4. The molecule has 0 atom stereocenters. The van der Waals surface area contributed by atoms with E-state index in [0.29, 0.717) is 4.47 Å². The highest BCUT2D eigenvalue weighted by Crippen LogP contribution is 2.28. The summed E-state index contributed by atoms with van der Waals surface area (Å²) < 4.78 is 53.5. The minimum absolute atomic E-state index is 0.0661. The summed E-state index contributed by atoms with van der Waals surface area (Å²) in [5, 5.41) is -0.0661. The first-order valence-corrected chi connectivity index (χ1v) is 7.88. The number of hydrogen-bond donors (Lipinski definition) is 1. The van der Waals surface area contributed by atoms with Gasteiger partial charge in [-0.1, -0.05) is 33.6 Å². The van der Waals surface area contributed by atoms with E-state index < -0.39 is 27.3 Å². The van der Waals surface area contributed by atoms with Gasteiger partial charge in [0.1, 0.15) is 22.2 Å². The summed E-state index contributed by atoms with van der Waals surface area (Å²) in [7, 11) is -4.19. The maximum atomic E-state index is 13.5. The lowest BCUT2D eigenvalue weighted by Gasteiger charge is -2.11. The van der Waals surface area contributed by atoms with Gasteiger partial charge >= 0.3 is 0 Å². The van der Waals surface area contributed by atoms with Crippen molar-refractivity contribution in [3.63, 3.8) is 0 Å². The fourth-order valence-electron chi connectivity index (χ4n) is 1.48. The SMILES string of the molecule is O=S(=O)(Nc1c(F)cccc1F)c1ccc(Br)cc1Cl. The molecule has 2 aromatic rings. The summed E-state index contributed by atoms with van der Waals surface area (Å²) >= 11 is 8.96. The molecule has 0 amide bonds. The van der Waals surface area contributed by atoms with Gasteiger partial charge in [-0.05, 0) is 30.3 Å². The van der Waals surface area contributed by atoms with Crippen LogP contribution in [0.1, 0.15) is 0 Å². The van der Waals surface area contributed by atoms with Gasteiger partial charge in [0.2, 0.25) is 0 Å². The van der Waals surface area contributed by atoms with E-state index in [2.05, 4.69) is 15.9 Å². The minimum Gasteiger partial charge on any atom is -0.274 e. The quantitative estimate of drug-likeness (QED) is 0.865. The lowest BCUT2D eigenvalue weighted by Crippen LogP contribution is -2.15. The van der Waals surface area contributed by atoms with Crippen LogP contribution in [0.2, 0.25) is 5.02 Å². The van der Waals surface area contributed by atoms with Gasteiger partial charge in [0.15, 0.2) is 0 Å². The van der Waals surface area contributed by atoms with Crippen molar-refractivity contribution in [2.45, 2.75) is 4.90 Å². The van der Waals surface area contributed by atoms with Crippen molar-refractivity contribution in [2.24, 2.45) is 0 Å². The molecule has 1 N–H and O–H groups in total. The highest BCUT2D eigenvalue weighted by Gasteiger charge is 2.21. The van der Waals surface area contributed by atoms with Crippen LogP contribution in [0.25, 0.3) is 0 Å². The maximum Gasteiger partial charge on any atom is 0.263 e. The van der Waals surface area contributed by atoms with Crippen molar-refractivity contribution >= 4 is 43.2 Å². The van der Waals surface area contributed by atoms with E-state index in [4.69, 9.17) is 11.6 Å². The number of rotatable bonds is 3. The van der Waals surface area contributed by atoms with Crippen LogP contribution >= 0.6 is 27.5 Å². The Morgan fingerprint density at radius 2 is 1.70 bits per heavy atom. The molecule has 2 rings (SSSR count). The van der Waals surface area contributed by atoms with Crippen molar-refractivity contribution in [3.8, 4) is 0 Å². The minimum atomic E-state index is -4.19. The molecule has 0 saturated carbocycles. The van der Waals surface area contributed by atoms with Crippen molar-refractivity contribution in [2.75, 3.05) is 4.72 Å². The molecule has 0 saturated heterocycles. The standard InChI is InChI=1S/C12H7BrClF2NO2S/c13-7-4-5-11(8(14)6-7)20(18,19)17-12-9(15)2-1-3-10(12)16/h1-6,17H. The van der Waals surface area contributed by atoms with Crippen LogP contribution < -0.4 is 4.72 Å². The number of anilines is 1. The molecule has 0 bridgehead atoms. The molecular formula is C12H7BrClF2NO2S. The molecular weight excluding hydrogens is 376 g/mol. The van der Waals surface area contributed by atoms with Crippen molar-refractivity contribution < 1.29 is 17.2 Å². The summed E-state index contributed by atoms with van der Waals surface area (Å²) in [5.74, 6) is -2.02. The smallest absolute Gasteiger partial charge is 0.263 e. The van der Waals surface area contributed by atoms with Gasteiger partial charge < -0.3 is 0 Å². The molecule has 3 nitrogen and oxygen atoms in total. The molecule has 0 aliphatic rings. The molecule has 0 radical (unpaired) electrons. The number of benzene rings is 2. The first-order valence-electron chi connectivity index (χ1n) is 5.23. The van der Waals surface area contributed by atoms with Crippen LogP contribution in [0.5, 0.6) is 0 Å². The third-order valence-corrected chi connectivity index (χ3v) is 4.71. The molecule has 0 aliphatic carbocycles. The lowest BCUT2D eigenvalue weighted by atomic mass is 10.3. The predicted molar refractivity (Wildman–Crippen MR) is 76.3 cm³/mol. The molecule has 0 fully saturated rings. The number of hydrogen-bond acceptors (Lipinski definition) is 2. The van der Waals surface area contributed by atoms with Crippen LogP contribution in [0.3, 0.4) is 0 Å². The van der Waals surface area contributed by atoms with Crippen molar-refractivity contribution in [1.82, 2.24) is 0 Å². The zero-order chi connectivity index (χ0) is 14.9. The average Bonchev–Trinajstić information content (AvgIpc) is 2.33. The lowest BCUT2D eigenvalue weighted by molar-refractivity contribution is 0.583. The second kappa shape index (κ2) is 5.67. The van der Waals surface area contributed by atoms with E-state index in [1.807, 2.05) is 4.72 Å².